The molecule has 0 aromatic carbocycles. The number of hydrogen-bond donors (Lipinski definition) is 0. The van der Waals surface area contributed by atoms with E-state index in [-0.39, 0.29) is 6.09 Å². The molecule has 80 valence electrons. The number of fused-ring (bicyclic) bond motifs is 2. The maximum atomic E-state index is 11.7. The minimum Gasteiger partial charge on any atom is -0.452 e. The molecule has 0 atom stereocenters. The Labute approximate surface area is 89.7 Å². The summed E-state index contributed by atoms with van der Waals surface area (Å²) in [6.07, 6.45) is 11.8. The van der Waals surface area contributed by atoms with Gasteiger partial charge in [0.05, 0.1) is 7.11 Å². The van der Waals surface area contributed by atoms with Gasteiger partial charge in [-0.25, -0.2) is 4.79 Å². The number of carbonyl (C=O) groups is 1. The molecule has 3 heteroatoms. The van der Waals surface area contributed by atoms with Crippen LogP contribution in [0.15, 0.2) is 35.7 Å². The van der Waals surface area contributed by atoms with E-state index >= 15 is 0 Å². The van der Waals surface area contributed by atoms with Gasteiger partial charge in [0.25, 0.3) is 0 Å². The third-order valence-electron chi connectivity index (χ3n) is 2.74. The summed E-state index contributed by atoms with van der Waals surface area (Å²) in [4.78, 5) is 13.4. The van der Waals surface area contributed by atoms with Gasteiger partial charge in [0.15, 0.2) is 0 Å². The number of rotatable bonds is 0. The van der Waals surface area contributed by atoms with Gasteiger partial charge in [-0.05, 0) is 37.8 Å². The first kappa shape index (κ1) is 10.0. The van der Waals surface area contributed by atoms with E-state index in [9.17, 15) is 4.79 Å². The van der Waals surface area contributed by atoms with Gasteiger partial charge in [-0.1, -0.05) is 12.2 Å². The normalized spacial score (nSPS) is 19.9. The second-order valence-corrected chi connectivity index (χ2v) is 3.71. The summed E-state index contributed by atoms with van der Waals surface area (Å²) < 4.78 is 4.81. The summed E-state index contributed by atoms with van der Waals surface area (Å²) in [7, 11) is 1.42. The number of hydrogen-bond acceptors (Lipinski definition) is 2. The maximum Gasteiger partial charge on any atom is 0.418 e. The van der Waals surface area contributed by atoms with Crippen LogP contribution in [-0.4, -0.2) is 18.1 Å². The smallest absolute Gasteiger partial charge is 0.418 e. The van der Waals surface area contributed by atoms with Crippen LogP contribution in [0.1, 0.15) is 25.7 Å². The zero-order valence-electron chi connectivity index (χ0n) is 8.90. The molecule has 2 rings (SSSR count). The highest BCUT2D eigenvalue weighted by atomic mass is 16.5. The highest BCUT2D eigenvalue weighted by molar-refractivity contribution is 5.73. The van der Waals surface area contributed by atoms with E-state index in [2.05, 4.69) is 0 Å². The maximum absolute atomic E-state index is 11.7. The molecular weight excluding hydrogens is 190 g/mol. The lowest BCUT2D eigenvalue weighted by Crippen LogP contribution is -2.28. The van der Waals surface area contributed by atoms with Crippen LogP contribution in [0.25, 0.3) is 0 Å². The molecule has 0 aromatic heterocycles. The van der Waals surface area contributed by atoms with Crippen molar-refractivity contribution in [2.45, 2.75) is 25.7 Å². The number of methoxy groups -OCH3 is 1. The minimum absolute atomic E-state index is 0.280. The molecule has 0 radical (unpaired) electrons. The van der Waals surface area contributed by atoms with Crippen LogP contribution < -0.4 is 0 Å². The second-order valence-electron chi connectivity index (χ2n) is 3.71. The first-order valence-electron chi connectivity index (χ1n) is 5.27. The zero-order valence-corrected chi connectivity index (χ0v) is 8.90. The number of nitrogens with zero attached hydrogens (tertiary/aromatic N) is 1. The molecule has 3 nitrogen and oxygen atoms in total. The first-order valence-corrected chi connectivity index (χ1v) is 5.27. The standard InChI is InChI=1S/C12H15NO2/c1-15-12(14)13-10-6-2-3-7-11(13)9-5-4-8-10/h2-3,6-7H,4-5,8-9H2,1H3. The highest BCUT2D eigenvalue weighted by Crippen LogP contribution is 2.29. The molecule has 0 aromatic rings. The topological polar surface area (TPSA) is 29.5 Å². The van der Waals surface area contributed by atoms with Crippen LogP contribution in [0.3, 0.4) is 0 Å². The van der Waals surface area contributed by atoms with E-state index in [1.807, 2.05) is 24.3 Å². The van der Waals surface area contributed by atoms with Gasteiger partial charge in [0, 0.05) is 11.4 Å². The van der Waals surface area contributed by atoms with E-state index in [1.54, 1.807) is 4.90 Å². The van der Waals surface area contributed by atoms with Crippen molar-refractivity contribution < 1.29 is 9.53 Å². The Kier molecular flexibility index (Phi) is 2.90. The third kappa shape index (κ3) is 1.96. The molecule has 0 aliphatic carbocycles. The number of ether oxygens (including phenoxy) is 1. The fourth-order valence-electron chi connectivity index (χ4n) is 2.00. The fraction of sp³-hybridized carbons (Fsp3) is 0.417. The van der Waals surface area contributed by atoms with Crippen molar-refractivity contribution in [1.29, 1.82) is 0 Å². The lowest BCUT2D eigenvalue weighted by Gasteiger charge is -2.23. The minimum atomic E-state index is -0.280. The first-order chi connectivity index (χ1) is 7.33. The molecule has 1 fully saturated rings. The molecule has 0 saturated carbocycles. The molecule has 2 heterocycles. The lowest BCUT2D eigenvalue weighted by molar-refractivity contribution is 0.144. The largest absolute Gasteiger partial charge is 0.452 e. The molecule has 0 spiro atoms. The number of amides is 1. The summed E-state index contributed by atoms with van der Waals surface area (Å²) in [6.45, 7) is 0. The van der Waals surface area contributed by atoms with Crippen LogP contribution in [0.5, 0.6) is 0 Å². The van der Waals surface area contributed by atoms with Crippen molar-refractivity contribution in [1.82, 2.24) is 4.90 Å². The summed E-state index contributed by atoms with van der Waals surface area (Å²) in [6, 6.07) is 0. The molecule has 0 unspecified atom stereocenters. The monoisotopic (exact) mass is 205 g/mol. The van der Waals surface area contributed by atoms with E-state index in [0.29, 0.717) is 0 Å². The average Bonchev–Trinajstić information content (AvgIpc) is 2.58. The third-order valence-corrected chi connectivity index (χ3v) is 2.74. The van der Waals surface area contributed by atoms with Crippen LogP contribution in [0.4, 0.5) is 4.79 Å². The predicted molar refractivity (Wildman–Crippen MR) is 58.0 cm³/mol. The Morgan fingerprint density at radius 2 is 1.73 bits per heavy atom. The van der Waals surface area contributed by atoms with Gasteiger partial charge in [-0.2, -0.15) is 0 Å². The molecule has 2 aliphatic rings. The molecule has 1 saturated heterocycles. The summed E-state index contributed by atoms with van der Waals surface area (Å²) >= 11 is 0. The molecule has 2 aliphatic heterocycles. The SMILES string of the molecule is COC(=O)N1C2=CC=CC=C1CCCC2. The van der Waals surface area contributed by atoms with Gasteiger partial charge < -0.3 is 4.74 Å². The van der Waals surface area contributed by atoms with Crippen molar-refractivity contribution in [2.75, 3.05) is 7.11 Å². The average molecular weight is 205 g/mol. The molecular formula is C12H15NO2. The fourth-order valence-corrected chi connectivity index (χ4v) is 2.00. The molecule has 2 bridgehead atoms. The van der Waals surface area contributed by atoms with E-state index in [0.717, 1.165) is 37.1 Å². The van der Waals surface area contributed by atoms with Crippen LogP contribution in [0, 0.1) is 0 Å². The summed E-state index contributed by atoms with van der Waals surface area (Å²) in [5.74, 6) is 0. The van der Waals surface area contributed by atoms with E-state index in [4.69, 9.17) is 4.74 Å². The van der Waals surface area contributed by atoms with E-state index in [1.165, 1.54) is 7.11 Å². The summed E-state index contributed by atoms with van der Waals surface area (Å²) in [5.41, 5.74) is 2.08. The van der Waals surface area contributed by atoms with Crippen molar-refractivity contribution in [3.8, 4) is 0 Å². The van der Waals surface area contributed by atoms with Crippen LogP contribution in [-0.2, 0) is 4.74 Å². The lowest BCUT2D eigenvalue weighted by atomic mass is 10.1. The molecule has 15 heavy (non-hydrogen) atoms. The van der Waals surface area contributed by atoms with Crippen molar-refractivity contribution in [2.24, 2.45) is 0 Å². The van der Waals surface area contributed by atoms with Gasteiger partial charge in [-0.15, -0.1) is 0 Å². The Bertz CT molecular complexity index is 327. The number of allylic oxidation sites excluding steroid dienone is 6. The molecule has 1 amide bonds. The van der Waals surface area contributed by atoms with Gasteiger partial charge in [0.1, 0.15) is 0 Å². The quantitative estimate of drug-likeness (QED) is 0.608. The summed E-state index contributed by atoms with van der Waals surface area (Å²) in [5, 5.41) is 0. The Hall–Kier alpha value is -1.51. The van der Waals surface area contributed by atoms with Crippen LogP contribution >= 0.6 is 0 Å². The van der Waals surface area contributed by atoms with Gasteiger partial charge in [-0.3, -0.25) is 4.90 Å². The highest BCUT2D eigenvalue weighted by Gasteiger charge is 2.25. The van der Waals surface area contributed by atoms with E-state index < -0.39 is 0 Å². The van der Waals surface area contributed by atoms with Crippen molar-refractivity contribution in [3.63, 3.8) is 0 Å². The predicted octanol–water partition coefficient (Wildman–Crippen LogP) is 2.97. The molecule has 0 N–H and O–H groups in total. The van der Waals surface area contributed by atoms with Gasteiger partial charge in [0.2, 0.25) is 0 Å². The number of carbonyl (C=O) groups excluding carboxylic acids is 1. The second kappa shape index (κ2) is 4.34. The van der Waals surface area contributed by atoms with Gasteiger partial charge >= 0.3 is 6.09 Å². The van der Waals surface area contributed by atoms with Crippen LogP contribution in [0.2, 0.25) is 0 Å². The van der Waals surface area contributed by atoms with Crippen molar-refractivity contribution >= 4 is 6.09 Å². The Morgan fingerprint density at radius 1 is 1.20 bits per heavy atom. The van der Waals surface area contributed by atoms with Crippen molar-refractivity contribution in [3.05, 3.63) is 35.7 Å². The zero-order chi connectivity index (χ0) is 10.7. The Balaban J connectivity index is 2.38. The Morgan fingerprint density at radius 3 is 2.20 bits per heavy atom.